The minimum atomic E-state index is -0.425. The van der Waals surface area contributed by atoms with Crippen molar-refractivity contribution >= 4 is 34.5 Å². The van der Waals surface area contributed by atoms with Crippen molar-refractivity contribution in [2.45, 2.75) is 9.10 Å². The molecule has 7 heteroatoms. The van der Waals surface area contributed by atoms with Crippen LogP contribution in [0, 0.1) is 10.1 Å². The van der Waals surface area contributed by atoms with Crippen LogP contribution in [0.4, 0.5) is 11.4 Å². The second-order valence-corrected chi connectivity index (χ2v) is 5.38. The van der Waals surface area contributed by atoms with Gasteiger partial charge in [-0.25, -0.2) is 0 Å². The van der Waals surface area contributed by atoms with E-state index in [9.17, 15) is 10.1 Å². The molecular weight excluding hydrogens is 258 g/mol. The zero-order valence-corrected chi connectivity index (χ0v) is 10.3. The summed E-state index contributed by atoms with van der Waals surface area (Å²) in [5.41, 5.74) is 2.67. The molecule has 0 radical (unpaired) electrons. The second-order valence-electron chi connectivity index (χ2n) is 3.09. The van der Waals surface area contributed by atoms with Gasteiger partial charge in [0.05, 0.1) is 14.0 Å². The van der Waals surface area contributed by atoms with Crippen molar-refractivity contribution in [3.8, 4) is 0 Å². The van der Waals surface area contributed by atoms with Gasteiger partial charge >= 0.3 is 5.69 Å². The van der Waals surface area contributed by atoms with E-state index in [-0.39, 0.29) is 5.69 Å². The first kappa shape index (κ1) is 11.9. The van der Waals surface area contributed by atoms with Crippen LogP contribution in [0.15, 0.2) is 44.8 Å². The molecule has 0 spiro atoms. The number of nitrogens with two attached hydrogens (primary N) is 1. The third-order valence-electron chi connectivity index (χ3n) is 2.04. The van der Waals surface area contributed by atoms with Crippen LogP contribution in [-0.4, -0.2) is 4.92 Å². The van der Waals surface area contributed by atoms with Gasteiger partial charge in [-0.15, -0.1) is 11.3 Å². The Morgan fingerprint density at radius 2 is 2.18 bits per heavy atom. The Bertz CT molecular complexity index is 528. The quantitative estimate of drug-likeness (QED) is 0.505. The van der Waals surface area contributed by atoms with Gasteiger partial charge in [0.25, 0.3) is 0 Å². The van der Waals surface area contributed by atoms with Gasteiger partial charge in [-0.2, -0.15) is 0 Å². The first-order valence-corrected chi connectivity index (χ1v) is 6.37. The first-order valence-electron chi connectivity index (χ1n) is 4.67. The highest BCUT2D eigenvalue weighted by Crippen LogP contribution is 2.40. The molecular formula is C10H9N3O2S2. The van der Waals surface area contributed by atoms with Crippen LogP contribution < -0.4 is 11.3 Å². The van der Waals surface area contributed by atoms with Crippen LogP contribution in [0.2, 0.25) is 0 Å². The normalized spacial score (nSPS) is 10.2. The van der Waals surface area contributed by atoms with Crippen molar-refractivity contribution in [1.82, 2.24) is 0 Å². The van der Waals surface area contributed by atoms with Crippen LogP contribution >= 0.6 is 23.1 Å². The maximum absolute atomic E-state index is 11.0. The molecule has 2 aromatic rings. The molecule has 17 heavy (non-hydrogen) atoms. The standard InChI is InChI=1S/C10H9N3O2S2/c11-12-7-3-1-4-8(10(7)13(14)15)17-9-5-2-6-16-9/h1-6,12H,11H2. The number of nitrogens with one attached hydrogen (secondary N) is 1. The number of thiophene rings is 1. The molecule has 2 rings (SSSR count). The number of benzene rings is 1. The maximum atomic E-state index is 11.0. The molecule has 3 N–H and O–H groups in total. The van der Waals surface area contributed by atoms with E-state index >= 15 is 0 Å². The molecule has 0 amide bonds. The number of nitrogens with zero attached hydrogens (tertiary/aromatic N) is 1. The topological polar surface area (TPSA) is 81.2 Å². The third-order valence-corrected chi connectivity index (χ3v) is 4.13. The maximum Gasteiger partial charge on any atom is 0.307 e. The minimum absolute atomic E-state index is 0.00778. The van der Waals surface area contributed by atoms with Crippen LogP contribution in [0.3, 0.4) is 0 Å². The highest BCUT2D eigenvalue weighted by Gasteiger charge is 2.19. The summed E-state index contributed by atoms with van der Waals surface area (Å²) in [5, 5.41) is 13.0. The molecule has 0 fully saturated rings. The van der Waals surface area contributed by atoms with E-state index in [2.05, 4.69) is 5.43 Å². The van der Waals surface area contributed by atoms with Gasteiger partial charge in [0, 0.05) is 0 Å². The SMILES string of the molecule is NNc1cccc(Sc2cccs2)c1[N+](=O)[O-]. The summed E-state index contributed by atoms with van der Waals surface area (Å²) in [6.45, 7) is 0. The zero-order valence-electron chi connectivity index (χ0n) is 8.62. The molecule has 0 aliphatic carbocycles. The fraction of sp³-hybridized carbons (Fsp3) is 0. The van der Waals surface area contributed by atoms with Gasteiger partial charge in [-0.1, -0.05) is 23.9 Å². The van der Waals surface area contributed by atoms with Crippen LogP contribution in [0.5, 0.6) is 0 Å². The predicted octanol–water partition coefficient (Wildman–Crippen LogP) is 3.09. The average molecular weight is 267 g/mol. The number of nitrogen functional groups attached to an aromatic ring is 1. The van der Waals surface area contributed by atoms with Gasteiger partial charge in [-0.3, -0.25) is 16.0 Å². The van der Waals surface area contributed by atoms with E-state index in [0.717, 1.165) is 4.21 Å². The van der Waals surface area contributed by atoms with Gasteiger partial charge < -0.3 is 5.43 Å². The fourth-order valence-electron chi connectivity index (χ4n) is 1.34. The number of hydrazine groups is 1. The lowest BCUT2D eigenvalue weighted by Crippen LogP contribution is -2.09. The lowest BCUT2D eigenvalue weighted by atomic mass is 10.3. The fourth-order valence-corrected chi connectivity index (χ4v) is 3.21. The van der Waals surface area contributed by atoms with E-state index < -0.39 is 4.92 Å². The molecule has 0 unspecified atom stereocenters. The molecule has 5 nitrogen and oxygen atoms in total. The van der Waals surface area contributed by atoms with E-state index in [0.29, 0.717) is 10.6 Å². The van der Waals surface area contributed by atoms with Crippen LogP contribution in [-0.2, 0) is 0 Å². The van der Waals surface area contributed by atoms with Crippen LogP contribution in [0.1, 0.15) is 0 Å². The van der Waals surface area contributed by atoms with E-state index in [1.165, 1.54) is 11.8 Å². The average Bonchev–Trinajstić information content (AvgIpc) is 2.81. The number of nitro groups is 1. The van der Waals surface area contributed by atoms with Crippen molar-refractivity contribution in [1.29, 1.82) is 0 Å². The van der Waals surface area contributed by atoms with Gasteiger partial charge in [-0.05, 0) is 23.6 Å². The number of hydrogen-bond acceptors (Lipinski definition) is 6. The molecule has 0 atom stereocenters. The highest BCUT2D eigenvalue weighted by atomic mass is 32.2. The van der Waals surface area contributed by atoms with Gasteiger partial charge in [0.2, 0.25) is 0 Å². The molecule has 1 aromatic carbocycles. The number of anilines is 1. The summed E-state index contributed by atoms with van der Waals surface area (Å²) < 4.78 is 1.00. The van der Waals surface area contributed by atoms with Crippen molar-refractivity contribution in [3.05, 3.63) is 45.8 Å². The van der Waals surface area contributed by atoms with E-state index in [1.807, 2.05) is 17.5 Å². The second kappa shape index (κ2) is 5.17. The zero-order chi connectivity index (χ0) is 12.3. The Labute approximate surface area is 106 Å². The van der Waals surface area contributed by atoms with E-state index in [1.54, 1.807) is 29.5 Å². The molecule has 0 aliphatic heterocycles. The number of nitro benzene ring substituents is 1. The summed E-state index contributed by atoms with van der Waals surface area (Å²) in [7, 11) is 0. The smallest absolute Gasteiger partial charge is 0.307 e. The molecule has 88 valence electrons. The number of rotatable bonds is 4. The molecule has 0 aliphatic rings. The van der Waals surface area contributed by atoms with Crippen LogP contribution in [0.25, 0.3) is 0 Å². The van der Waals surface area contributed by atoms with Crippen molar-refractivity contribution in [3.63, 3.8) is 0 Å². The molecule has 0 bridgehead atoms. The molecule has 1 aromatic heterocycles. The summed E-state index contributed by atoms with van der Waals surface area (Å²) in [5.74, 6) is 5.27. The first-order chi connectivity index (χ1) is 8.22. The lowest BCUT2D eigenvalue weighted by Gasteiger charge is -2.05. The summed E-state index contributed by atoms with van der Waals surface area (Å²) in [6, 6.07) is 8.85. The van der Waals surface area contributed by atoms with E-state index in [4.69, 9.17) is 5.84 Å². The Kier molecular flexibility index (Phi) is 3.62. The lowest BCUT2D eigenvalue weighted by molar-refractivity contribution is -0.386. The monoisotopic (exact) mass is 267 g/mol. The third kappa shape index (κ3) is 2.57. The summed E-state index contributed by atoms with van der Waals surface area (Å²) >= 11 is 2.90. The van der Waals surface area contributed by atoms with Crippen molar-refractivity contribution in [2.24, 2.45) is 5.84 Å². The Morgan fingerprint density at radius 3 is 2.76 bits per heavy atom. The van der Waals surface area contributed by atoms with Crippen molar-refractivity contribution in [2.75, 3.05) is 5.43 Å². The highest BCUT2D eigenvalue weighted by molar-refractivity contribution is 8.01. The van der Waals surface area contributed by atoms with Gasteiger partial charge in [0.15, 0.2) is 0 Å². The molecule has 0 saturated heterocycles. The van der Waals surface area contributed by atoms with Crippen molar-refractivity contribution < 1.29 is 4.92 Å². The molecule has 0 saturated carbocycles. The van der Waals surface area contributed by atoms with Gasteiger partial charge in [0.1, 0.15) is 5.69 Å². The Morgan fingerprint density at radius 1 is 1.35 bits per heavy atom. The summed E-state index contributed by atoms with van der Waals surface area (Å²) in [4.78, 5) is 11.2. The minimum Gasteiger partial charge on any atom is -0.318 e. The molecule has 1 heterocycles. The summed E-state index contributed by atoms with van der Waals surface area (Å²) in [6.07, 6.45) is 0. The predicted molar refractivity (Wildman–Crippen MR) is 69.3 cm³/mol. The Hall–Kier alpha value is -1.57. The number of hydrogen-bond donors (Lipinski definition) is 2. The Balaban J connectivity index is 2.42. The number of para-hydroxylation sites is 1. The largest absolute Gasteiger partial charge is 0.318 e.